The molecule has 0 spiro atoms. The molecule has 114 valence electrons. The molecule has 0 fully saturated rings. The van der Waals surface area contributed by atoms with E-state index in [0.717, 1.165) is 16.5 Å². The van der Waals surface area contributed by atoms with Crippen LogP contribution in [-0.4, -0.2) is 13.4 Å². The van der Waals surface area contributed by atoms with Gasteiger partial charge in [-0.15, -0.1) is 0 Å². The maximum absolute atomic E-state index is 12.3. The Bertz CT molecular complexity index is 918. The summed E-state index contributed by atoms with van der Waals surface area (Å²) < 4.78 is 27.1. The zero-order valence-corrected chi connectivity index (χ0v) is 13.6. The van der Waals surface area contributed by atoms with Gasteiger partial charge in [-0.2, -0.15) is 0 Å². The lowest BCUT2D eigenvalue weighted by molar-refractivity contribution is 0.581. The van der Waals surface area contributed by atoms with Crippen LogP contribution in [0.2, 0.25) is 10.2 Å². The lowest BCUT2D eigenvalue weighted by Gasteiger charge is -2.07. The van der Waals surface area contributed by atoms with Crippen LogP contribution < -0.4 is 4.72 Å². The van der Waals surface area contributed by atoms with Gasteiger partial charge in [-0.3, -0.25) is 0 Å². The highest BCUT2D eigenvalue weighted by Gasteiger charge is 2.16. The van der Waals surface area contributed by atoms with Crippen molar-refractivity contribution in [1.29, 1.82) is 0 Å². The number of aromatic amines is 1. The van der Waals surface area contributed by atoms with Crippen molar-refractivity contribution in [3.05, 3.63) is 64.3 Å². The number of fused-ring (bicyclic) bond motifs is 1. The van der Waals surface area contributed by atoms with E-state index in [9.17, 15) is 8.42 Å². The molecular formula is C15H12Cl2N2O2S. The first kappa shape index (κ1) is 15.4. The summed E-state index contributed by atoms with van der Waals surface area (Å²) in [7, 11) is -3.62. The molecule has 0 saturated carbocycles. The standard InChI is InChI=1S/C15H12Cl2N2O2S/c16-10-5-7-11(8-6-10)22(20,21)18-9-13-12-3-1-2-4-14(12)19-15(13)17/h1-8,18-19H,9H2. The van der Waals surface area contributed by atoms with Crippen molar-refractivity contribution in [3.8, 4) is 0 Å². The maximum atomic E-state index is 12.3. The van der Waals surface area contributed by atoms with Crippen molar-refractivity contribution >= 4 is 44.1 Å². The second-order valence-electron chi connectivity index (χ2n) is 4.74. The number of halogens is 2. The summed E-state index contributed by atoms with van der Waals surface area (Å²) in [5, 5.41) is 1.81. The quantitative estimate of drug-likeness (QED) is 0.744. The second-order valence-corrected chi connectivity index (χ2v) is 7.32. The molecule has 2 aromatic carbocycles. The summed E-state index contributed by atoms with van der Waals surface area (Å²) in [6.07, 6.45) is 0. The smallest absolute Gasteiger partial charge is 0.240 e. The lowest BCUT2D eigenvalue weighted by atomic mass is 10.2. The van der Waals surface area contributed by atoms with Gasteiger partial charge in [0.25, 0.3) is 0 Å². The van der Waals surface area contributed by atoms with Gasteiger partial charge >= 0.3 is 0 Å². The molecular weight excluding hydrogens is 343 g/mol. The Morgan fingerprint density at radius 2 is 1.68 bits per heavy atom. The first-order valence-electron chi connectivity index (χ1n) is 6.48. The minimum Gasteiger partial charge on any atom is -0.345 e. The molecule has 3 rings (SSSR count). The third-order valence-electron chi connectivity index (χ3n) is 3.32. The molecule has 0 amide bonds. The fraction of sp³-hybridized carbons (Fsp3) is 0.0667. The molecule has 0 aliphatic carbocycles. The van der Waals surface area contributed by atoms with Gasteiger partial charge in [0.1, 0.15) is 5.15 Å². The zero-order chi connectivity index (χ0) is 15.7. The van der Waals surface area contributed by atoms with Crippen molar-refractivity contribution in [1.82, 2.24) is 9.71 Å². The molecule has 4 nitrogen and oxygen atoms in total. The SMILES string of the molecule is O=S(=O)(NCc1c(Cl)[nH]c2ccccc12)c1ccc(Cl)cc1. The van der Waals surface area contributed by atoms with Gasteiger partial charge in [0, 0.05) is 28.0 Å². The van der Waals surface area contributed by atoms with E-state index in [-0.39, 0.29) is 11.4 Å². The summed E-state index contributed by atoms with van der Waals surface area (Å²) in [6, 6.07) is 13.5. The number of para-hydroxylation sites is 1. The molecule has 7 heteroatoms. The van der Waals surface area contributed by atoms with Gasteiger partial charge in [0.2, 0.25) is 10.0 Å². The number of sulfonamides is 1. The van der Waals surface area contributed by atoms with E-state index in [1.54, 1.807) is 0 Å². The van der Waals surface area contributed by atoms with Gasteiger partial charge in [-0.25, -0.2) is 13.1 Å². The molecule has 0 aliphatic heterocycles. The molecule has 2 N–H and O–H groups in total. The molecule has 0 atom stereocenters. The predicted octanol–water partition coefficient (Wildman–Crippen LogP) is 3.95. The number of hydrogen-bond donors (Lipinski definition) is 2. The Balaban J connectivity index is 1.87. The summed E-state index contributed by atoms with van der Waals surface area (Å²) in [4.78, 5) is 3.18. The van der Waals surface area contributed by atoms with Crippen molar-refractivity contribution in [2.75, 3.05) is 0 Å². The minimum absolute atomic E-state index is 0.105. The fourth-order valence-corrected chi connectivity index (χ4v) is 3.60. The van der Waals surface area contributed by atoms with E-state index in [1.807, 2.05) is 24.3 Å². The third kappa shape index (κ3) is 2.98. The predicted molar refractivity (Wildman–Crippen MR) is 88.8 cm³/mol. The van der Waals surface area contributed by atoms with Crippen LogP contribution in [0.25, 0.3) is 10.9 Å². The largest absolute Gasteiger partial charge is 0.345 e. The minimum atomic E-state index is -3.62. The van der Waals surface area contributed by atoms with E-state index < -0.39 is 10.0 Å². The van der Waals surface area contributed by atoms with E-state index in [4.69, 9.17) is 23.2 Å². The summed E-state index contributed by atoms with van der Waals surface area (Å²) in [5.41, 5.74) is 1.59. The maximum Gasteiger partial charge on any atom is 0.240 e. The highest BCUT2D eigenvalue weighted by Crippen LogP contribution is 2.26. The van der Waals surface area contributed by atoms with Crippen LogP contribution in [0.5, 0.6) is 0 Å². The molecule has 0 saturated heterocycles. The highest BCUT2D eigenvalue weighted by atomic mass is 35.5. The van der Waals surface area contributed by atoms with E-state index in [1.165, 1.54) is 24.3 Å². The molecule has 3 aromatic rings. The topological polar surface area (TPSA) is 62.0 Å². The molecule has 0 bridgehead atoms. The molecule has 0 unspecified atom stereocenters. The van der Waals surface area contributed by atoms with Gasteiger partial charge in [0.15, 0.2) is 0 Å². The van der Waals surface area contributed by atoms with Crippen LogP contribution in [0.1, 0.15) is 5.56 Å². The van der Waals surface area contributed by atoms with Crippen molar-refractivity contribution < 1.29 is 8.42 Å². The molecule has 1 heterocycles. The number of aromatic nitrogens is 1. The molecule has 0 radical (unpaired) electrons. The molecule has 22 heavy (non-hydrogen) atoms. The van der Waals surface area contributed by atoms with Crippen LogP contribution >= 0.6 is 23.2 Å². The zero-order valence-electron chi connectivity index (χ0n) is 11.3. The Morgan fingerprint density at radius 3 is 2.41 bits per heavy atom. The van der Waals surface area contributed by atoms with Crippen molar-refractivity contribution in [3.63, 3.8) is 0 Å². The molecule has 0 aliphatic rings. The Labute approximate surface area is 138 Å². The summed E-state index contributed by atoms with van der Waals surface area (Å²) >= 11 is 11.9. The van der Waals surface area contributed by atoms with E-state index in [2.05, 4.69) is 9.71 Å². The first-order valence-corrected chi connectivity index (χ1v) is 8.71. The van der Waals surface area contributed by atoms with Crippen molar-refractivity contribution in [2.45, 2.75) is 11.4 Å². The number of benzene rings is 2. The third-order valence-corrected chi connectivity index (χ3v) is 5.32. The Hall–Kier alpha value is -1.53. The van der Waals surface area contributed by atoms with E-state index >= 15 is 0 Å². The van der Waals surface area contributed by atoms with Gasteiger partial charge in [-0.1, -0.05) is 41.4 Å². The average molecular weight is 355 g/mol. The number of rotatable bonds is 4. The van der Waals surface area contributed by atoms with Crippen molar-refractivity contribution in [2.24, 2.45) is 0 Å². The number of H-pyrrole nitrogens is 1. The highest BCUT2D eigenvalue weighted by molar-refractivity contribution is 7.89. The Morgan fingerprint density at radius 1 is 1.00 bits per heavy atom. The number of nitrogens with one attached hydrogen (secondary N) is 2. The van der Waals surface area contributed by atoms with Crippen LogP contribution in [-0.2, 0) is 16.6 Å². The van der Waals surface area contributed by atoms with Crippen LogP contribution in [0.15, 0.2) is 53.4 Å². The Kier molecular flexibility index (Phi) is 4.14. The summed E-state index contributed by atoms with van der Waals surface area (Å²) in [6.45, 7) is 0.105. The lowest BCUT2D eigenvalue weighted by Crippen LogP contribution is -2.23. The second kappa shape index (κ2) is 5.93. The van der Waals surface area contributed by atoms with Crippen LogP contribution in [0.3, 0.4) is 0 Å². The first-order chi connectivity index (χ1) is 10.5. The summed E-state index contributed by atoms with van der Waals surface area (Å²) in [5.74, 6) is 0. The normalized spacial score (nSPS) is 11.9. The fourth-order valence-electron chi connectivity index (χ4n) is 2.20. The van der Waals surface area contributed by atoms with Gasteiger partial charge < -0.3 is 4.98 Å². The molecule has 1 aromatic heterocycles. The number of hydrogen-bond acceptors (Lipinski definition) is 2. The van der Waals surface area contributed by atoms with E-state index in [0.29, 0.717) is 10.2 Å². The average Bonchev–Trinajstić information content (AvgIpc) is 2.81. The van der Waals surface area contributed by atoms with Crippen LogP contribution in [0, 0.1) is 0 Å². The van der Waals surface area contributed by atoms with Crippen LogP contribution in [0.4, 0.5) is 0 Å². The van der Waals surface area contributed by atoms with Gasteiger partial charge in [0.05, 0.1) is 4.90 Å². The monoisotopic (exact) mass is 354 g/mol. The van der Waals surface area contributed by atoms with Gasteiger partial charge in [-0.05, 0) is 30.3 Å².